The Kier molecular flexibility index (Phi) is 7.03. The first-order valence-corrected chi connectivity index (χ1v) is 7.94. The van der Waals surface area contributed by atoms with Gasteiger partial charge in [-0.15, -0.1) is 0 Å². The Morgan fingerprint density at radius 2 is 2.00 bits per heavy atom. The highest BCUT2D eigenvalue weighted by Gasteiger charge is 2.20. The van der Waals surface area contributed by atoms with Gasteiger partial charge in [-0.25, -0.2) is 4.79 Å². The highest BCUT2D eigenvalue weighted by Crippen LogP contribution is 2.18. The summed E-state index contributed by atoms with van der Waals surface area (Å²) in [5.41, 5.74) is 0.960. The fourth-order valence-electron chi connectivity index (χ4n) is 2.11. The van der Waals surface area contributed by atoms with E-state index in [2.05, 4.69) is 10.6 Å². The summed E-state index contributed by atoms with van der Waals surface area (Å²) in [7, 11) is 1.54. The Labute approximate surface area is 146 Å². The molecule has 7 nitrogen and oxygen atoms in total. The van der Waals surface area contributed by atoms with E-state index in [1.165, 1.54) is 6.92 Å². The largest absolute Gasteiger partial charge is 0.467 e. The van der Waals surface area contributed by atoms with Crippen molar-refractivity contribution in [1.82, 2.24) is 5.32 Å². The Bertz CT molecular complexity index is 685. The summed E-state index contributed by atoms with van der Waals surface area (Å²) < 4.78 is 15.4. The third-order valence-corrected chi connectivity index (χ3v) is 3.44. The maximum absolute atomic E-state index is 12.4. The van der Waals surface area contributed by atoms with E-state index >= 15 is 0 Å². The molecule has 1 atom stereocenters. The first-order chi connectivity index (χ1) is 12.1. The fraction of sp³-hybridized carbons (Fsp3) is 0.333. The van der Waals surface area contributed by atoms with Crippen molar-refractivity contribution in [3.8, 4) is 0 Å². The number of carbonyl (C=O) groups excluding carboxylic acids is 2. The van der Waals surface area contributed by atoms with Gasteiger partial charge in [-0.2, -0.15) is 0 Å². The molecule has 0 unspecified atom stereocenters. The SMILES string of the molecule is COCCNC(=O)[C@@H](C)OC(=O)c1ccccc1NCc1ccco1. The molecule has 0 aliphatic carbocycles. The van der Waals surface area contributed by atoms with Gasteiger partial charge in [0.1, 0.15) is 5.76 Å². The summed E-state index contributed by atoms with van der Waals surface area (Å²) in [5, 5.41) is 5.76. The maximum atomic E-state index is 12.4. The van der Waals surface area contributed by atoms with Crippen molar-refractivity contribution in [2.45, 2.75) is 19.6 Å². The molecule has 2 aromatic rings. The lowest BCUT2D eigenvalue weighted by molar-refractivity contribution is -0.129. The Morgan fingerprint density at radius 1 is 1.20 bits per heavy atom. The number of anilines is 1. The first kappa shape index (κ1) is 18.5. The molecule has 0 saturated carbocycles. The number of furan rings is 1. The van der Waals surface area contributed by atoms with E-state index in [1.807, 2.05) is 12.1 Å². The van der Waals surface area contributed by atoms with Crippen LogP contribution >= 0.6 is 0 Å². The number of methoxy groups -OCH3 is 1. The van der Waals surface area contributed by atoms with Crippen molar-refractivity contribution in [3.05, 3.63) is 54.0 Å². The molecule has 2 rings (SSSR count). The van der Waals surface area contributed by atoms with Gasteiger partial charge < -0.3 is 24.5 Å². The minimum atomic E-state index is -0.900. The number of hydrogen-bond acceptors (Lipinski definition) is 6. The van der Waals surface area contributed by atoms with Crippen molar-refractivity contribution in [3.63, 3.8) is 0 Å². The smallest absolute Gasteiger partial charge is 0.341 e. The van der Waals surface area contributed by atoms with Crippen molar-refractivity contribution >= 4 is 17.6 Å². The van der Waals surface area contributed by atoms with Crippen LogP contribution in [0.15, 0.2) is 47.1 Å². The van der Waals surface area contributed by atoms with E-state index in [9.17, 15) is 9.59 Å². The molecule has 7 heteroatoms. The van der Waals surface area contributed by atoms with E-state index in [0.29, 0.717) is 30.9 Å². The number of benzene rings is 1. The first-order valence-electron chi connectivity index (χ1n) is 7.94. The van der Waals surface area contributed by atoms with Crippen molar-refractivity contribution in [2.24, 2.45) is 0 Å². The van der Waals surface area contributed by atoms with Gasteiger partial charge >= 0.3 is 5.97 Å². The zero-order valence-electron chi connectivity index (χ0n) is 14.3. The Hall–Kier alpha value is -2.80. The van der Waals surface area contributed by atoms with Crippen molar-refractivity contribution < 1.29 is 23.5 Å². The Balaban J connectivity index is 1.95. The summed E-state index contributed by atoms with van der Waals surface area (Å²) in [5.74, 6) is -0.197. The number of nitrogens with one attached hydrogen (secondary N) is 2. The lowest BCUT2D eigenvalue weighted by atomic mass is 10.1. The molecule has 0 fully saturated rings. The molecule has 2 N–H and O–H groups in total. The van der Waals surface area contributed by atoms with E-state index in [0.717, 1.165) is 5.76 Å². The molecule has 0 spiro atoms. The zero-order chi connectivity index (χ0) is 18.1. The van der Waals surface area contributed by atoms with Crippen LogP contribution in [0.5, 0.6) is 0 Å². The number of amides is 1. The lowest BCUT2D eigenvalue weighted by Gasteiger charge is -2.15. The number of hydrogen-bond donors (Lipinski definition) is 2. The molecule has 134 valence electrons. The van der Waals surface area contributed by atoms with Crippen LogP contribution in [0.25, 0.3) is 0 Å². The highest BCUT2D eigenvalue weighted by molar-refractivity contribution is 5.97. The molecule has 0 radical (unpaired) electrons. The summed E-state index contributed by atoms with van der Waals surface area (Å²) in [6.45, 7) is 2.72. The topological polar surface area (TPSA) is 89.8 Å². The van der Waals surface area contributed by atoms with Crippen LogP contribution in [0.4, 0.5) is 5.69 Å². The normalized spacial score (nSPS) is 11.6. The maximum Gasteiger partial charge on any atom is 0.341 e. The molecule has 25 heavy (non-hydrogen) atoms. The van der Waals surface area contributed by atoms with Crippen LogP contribution < -0.4 is 10.6 Å². The van der Waals surface area contributed by atoms with Gasteiger partial charge in [-0.3, -0.25) is 4.79 Å². The molecule has 1 aromatic heterocycles. The van der Waals surface area contributed by atoms with Gasteiger partial charge in [0, 0.05) is 19.3 Å². The number of para-hydroxylation sites is 1. The molecular formula is C18H22N2O5. The zero-order valence-corrected chi connectivity index (χ0v) is 14.3. The molecule has 0 saturated heterocycles. The van der Waals surface area contributed by atoms with Crippen LogP contribution in [-0.2, 0) is 20.8 Å². The second-order valence-electron chi connectivity index (χ2n) is 5.31. The van der Waals surface area contributed by atoms with Gasteiger partial charge in [0.25, 0.3) is 5.91 Å². The number of esters is 1. The number of carbonyl (C=O) groups is 2. The van der Waals surface area contributed by atoms with Crippen LogP contribution in [0.2, 0.25) is 0 Å². The van der Waals surface area contributed by atoms with Crippen LogP contribution in [0, 0.1) is 0 Å². The van der Waals surface area contributed by atoms with Gasteiger partial charge in [0.2, 0.25) is 0 Å². The molecule has 1 amide bonds. The number of ether oxygens (including phenoxy) is 2. The predicted octanol–water partition coefficient (Wildman–Crippen LogP) is 2.20. The summed E-state index contributed by atoms with van der Waals surface area (Å²) >= 11 is 0. The van der Waals surface area contributed by atoms with Crippen molar-refractivity contribution in [2.75, 3.05) is 25.6 Å². The molecule has 1 heterocycles. The molecular weight excluding hydrogens is 324 g/mol. The quantitative estimate of drug-likeness (QED) is 0.534. The molecule has 0 aliphatic heterocycles. The van der Waals surface area contributed by atoms with Crippen LogP contribution in [0.3, 0.4) is 0 Å². The molecule has 0 bridgehead atoms. The highest BCUT2D eigenvalue weighted by atomic mass is 16.5. The molecule has 0 aliphatic rings. The monoisotopic (exact) mass is 346 g/mol. The molecule has 1 aromatic carbocycles. The Morgan fingerprint density at radius 3 is 2.72 bits per heavy atom. The third-order valence-electron chi connectivity index (χ3n) is 3.44. The summed E-state index contributed by atoms with van der Waals surface area (Å²) in [4.78, 5) is 24.3. The van der Waals surface area contributed by atoms with Gasteiger partial charge in [-0.1, -0.05) is 12.1 Å². The van der Waals surface area contributed by atoms with Gasteiger partial charge in [-0.05, 0) is 31.2 Å². The fourth-order valence-corrected chi connectivity index (χ4v) is 2.11. The average Bonchev–Trinajstić information content (AvgIpc) is 3.13. The van der Waals surface area contributed by atoms with Crippen LogP contribution in [-0.4, -0.2) is 38.2 Å². The van der Waals surface area contributed by atoms with Gasteiger partial charge in [0.05, 0.1) is 25.0 Å². The summed E-state index contributed by atoms with van der Waals surface area (Å²) in [6.07, 6.45) is 0.684. The van der Waals surface area contributed by atoms with Gasteiger partial charge in [0.15, 0.2) is 6.10 Å². The predicted molar refractivity (Wildman–Crippen MR) is 92.2 cm³/mol. The van der Waals surface area contributed by atoms with E-state index in [-0.39, 0.29) is 5.91 Å². The second kappa shape index (κ2) is 9.48. The third kappa shape index (κ3) is 5.65. The number of rotatable bonds is 9. The van der Waals surface area contributed by atoms with E-state index in [1.54, 1.807) is 37.6 Å². The minimum absolute atomic E-state index is 0.352. The van der Waals surface area contributed by atoms with Crippen molar-refractivity contribution in [1.29, 1.82) is 0 Å². The average molecular weight is 346 g/mol. The van der Waals surface area contributed by atoms with Crippen LogP contribution in [0.1, 0.15) is 23.0 Å². The lowest BCUT2D eigenvalue weighted by Crippen LogP contribution is -2.37. The van der Waals surface area contributed by atoms with E-state index in [4.69, 9.17) is 13.9 Å². The standard InChI is InChI=1S/C18H22N2O5/c1-13(17(21)19-9-11-23-2)25-18(22)15-7-3-4-8-16(15)20-12-14-6-5-10-24-14/h3-8,10,13,20H,9,11-12H2,1-2H3,(H,19,21)/t13-/m1/s1. The summed E-state index contributed by atoms with van der Waals surface area (Å²) in [6, 6.07) is 10.6. The second-order valence-corrected chi connectivity index (χ2v) is 5.31. The van der Waals surface area contributed by atoms with E-state index < -0.39 is 12.1 Å². The minimum Gasteiger partial charge on any atom is -0.467 e.